The normalized spacial score (nSPS) is 20.1. The molecule has 3 unspecified atom stereocenters. The Labute approximate surface area is 207 Å². The molecule has 5 rings (SSSR count). The van der Waals surface area contributed by atoms with Gasteiger partial charge in [0, 0.05) is 73.5 Å². The van der Waals surface area contributed by atoms with Gasteiger partial charge in [-0.05, 0) is 69.7 Å². The van der Waals surface area contributed by atoms with E-state index in [2.05, 4.69) is 76.5 Å². The lowest BCUT2D eigenvalue weighted by Gasteiger charge is -2.34. The fraction of sp³-hybridized carbons (Fsp3) is 0.481. The number of hydrogen-bond acceptors (Lipinski definition) is 7. The summed E-state index contributed by atoms with van der Waals surface area (Å²) in [6, 6.07) is 11.8. The summed E-state index contributed by atoms with van der Waals surface area (Å²) in [4.78, 5) is 15.8. The van der Waals surface area contributed by atoms with Gasteiger partial charge in [-0.25, -0.2) is 9.97 Å². The maximum atomic E-state index is 4.85. The summed E-state index contributed by atoms with van der Waals surface area (Å²) in [5.41, 5.74) is 5.30. The number of fused-ring (bicyclic) bond motifs is 2. The van der Waals surface area contributed by atoms with Crippen LogP contribution in [0.15, 0.2) is 47.7 Å². The second-order valence-corrected chi connectivity index (χ2v) is 9.75. The van der Waals surface area contributed by atoms with Crippen LogP contribution < -0.4 is 15.5 Å². The summed E-state index contributed by atoms with van der Waals surface area (Å²) in [5.74, 6) is 0.910. The number of hydrogen-bond donors (Lipinski definition) is 2. The molecule has 4 heterocycles. The molecule has 8 nitrogen and oxygen atoms in total. The van der Waals surface area contributed by atoms with Gasteiger partial charge in [-0.2, -0.15) is 5.10 Å². The number of anilines is 3. The van der Waals surface area contributed by atoms with Crippen molar-refractivity contribution in [3.8, 4) is 11.3 Å². The van der Waals surface area contributed by atoms with Gasteiger partial charge in [0.05, 0.1) is 11.4 Å². The minimum absolute atomic E-state index is 0.318. The van der Waals surface area contributed by atoms with Crippen LogP contribution >= 0.6 is 0 Å². The van der Waals surface area contributed by atoms with Crippen LogP contribution in [0.2, 0.25) is 0 Å². The van der Waals surface area contributed by atoms with E-state index in [1.54, 1.807) is 0 Å². The number of piperazine rings is 1. The van der Waals surface area contributed by atoms with Crippen LogP contribution in [0.3, 0.4) is 0 Å². The third-order valence-electron chi connectivity index (χ3n) is 7.17. The van der Waals surface area contributed by atoms with E-state index < -0.39 is 0 Å². The zero-order chi connectivity index (χ0) is 24.2. The highest BCUT2D eigenvalue weighted by atomic mass is 15.3. The predicted molar refractivity (Wildman–Crippen MR) is 143 cm³/mol. The predicted octanol–water partition coefficient (Wildman–Crippen LogP) is 4.63. The van der Waals surface area contributed by atoms with Gasteiger partial charge in [-0.3, -0.25) is 4.68 Å². The third-order valence-corrected chi connectivity index (χ3v) is 7.17. The Kier molecular flexibility index (Phi) is 7.08. The van der Waals surface area contributed by atoms with Crippen LogP contribution in [0, 0.1) is 0 Å². The molecular weight excluding hydrogens is 436 g/mol. The lowest BCUT2D eigenvalue weighted by Crippen LogP contribution is -2.51. The highest BCUT2D eigenvalue weighted by Crippen LogP contribution is 2.31. The Morgan fingerprint density at radius 1 is 1.17 bits per heavy atom. The smallest absolute Gasteiger partial charge is 0.227 e. The maximum Gasteiger partial charge on any atom is 0.227 e. The Morgan fingerprint density at radius 2 is 1.94 bits per heavy atom. The van der Waals surface area contributed by atoms with Crippen LogP contribution in [0.1, 0.15) is 51.1 Å². The van der Waals surface area contributed by atoms with Crippen molar-refractivity contribution in [2.45, 2.75) is 64.1 Å². The second-order valence-electron chi connectivity index (χ2n) is 9.75. The quantitative estimate of drug-likeness (QED) is 0.331. The number of aryl methyl sites for hydroxylation is 1. The van der Waals surface area contributed by atoms with Gasteiger partial charge in [0.25, 0.3) is 0 Å². The Bertz CT molecular complexity index is 1130. The average molecular weight is 473 g/mol. The Balaban J connectivity index is 1.30. The SMILES string of the molecule is C=NCCCC(C)c1nn(CC)cc1-c1ccnc(Nc2ccc(N3CC4CCC(C3)N4)cc2)n1. The lowest BCUT2D eigenvalue weighted by molar-refractivity contribution is 0.466. The molecule has 2 bridgehead atoms. The summed E-state index contributed by atoms with van der Waals surface area (Å²) in [5, 5.41) is 11.9. The van der Waals surface area contributed by atoms with Crippen molar-refractivity contribution in [2.24, 2.45) is 4.99 Å². The number of aromatic nitrogens is 4. The number of nitrogens with zero attached hydrogens (tertiary/aromatic N) is 6. The van der Waals surface area contributed by atoms with E-state index in [4.69, 9.17) is 10.1 Å². The second kappa shape index (κ2) is 10.6. The third kappa shape index (κ3) is 5.37. The van der Waals surface area contributed by atoms with Crippen LogP contribution in [-0.2, 0) is 6.54 Å². The zero-order valence-electron chi connectivity index (χ0n) is 20.8. The monoisotopic (exact) mass is 472 g/mol. The van der Waals surface area contributed by atoms with E-state index >= 15 is 0 Å². The summed E-state index contributed by atoms with van der Waals surface area (Å²) in [6.45, 7) is 11.7. The van der Waals surface area contributed by atoms with Crippen molar-refractivity contribution in [3.63, 3.8) is 0 Å². The molecular formula is C27H36N8. The minimum atomic E-state index is 0.318. The van der Waals surface area contributed by atoms with Crippen molar-refractivity contribution in [2.75, 3.05) is 29.9 Å². The molecule has 2 fully saturated rings. The van der Waals surface area contributed by atoms with Crippen molar-refractivity contribution < 1.29 is 0 Å². The van der Waals surface area contributed by atoms with Crippen LogP contribution in [0.5, 0.6) is 0 Å². The fourth-order valence-corrected chi connectivity index (χ4v) is 5.27. The molecule has 0 saturated carbocycles. The molecule has 184 valence electrons. The fourth-order valence-electron chi connectivity index (χ4n) is 5.27. The van der Waals surface area contributed by atoms with Gasteiger partial charge in [0.15, 0.2) is 0 Å². The first-order valence-corrected chi connectivity index (χ1v) is 12.8. The molecule has 3 aromatic rings. The molecule has 2 aliphatic rings. The number of rotatable bonds is 10. The standard InChI is InChI=1S/C27H36N8/c1-4-35-18-24(26(33-35)19(2)6-5-14-28-3)25-13-15-29-27(32-25)31-20-9-11-23(12-10-20)34-16-21-7-8-22(17-34)30-21/h9-13,15,18-19,21-22,30H,3-8,14,16-17H2,1-2H3,(H,29,31,32). The first-order valence-electron chi connectivity index (χ1n) is 12.8. The molecule has 0 radical (unpaired) electrons. The van der Waals surface area contributed by atoms with Crippen molar-refractivity contribution in [1.82, 2.24) is 25.1 Å². The maximum absolute atomic E-state index is 4.85. The van der Waals surface area contributed by atoms with E-state index in [-0.39, 0.29) is 0 Å². The van der Waals surface area contributed by atoms with Crippen LogP contribution in [0.4, 0.5) is 17.3 Å². The molecule has 2 aromatic heterocycles. The molecule has 0 amide bonds. The summed E-state index contributed by atoms with van der Waals surface area (Å²) >= 11 is 0. The van der Waals surface area contributed by atoms with E-state index in [0.717, 1.165) is 61.7 Å². The molecule has 0 spiro atoms. The molecule has 3 atom stereocenters. The summed E-state index contributed by atoms with van der Waals surface area (Å²) in [6.07, 6.45) is 8.51. The van der Waals surface area contributed by atoms with Gasteiger partial charge < -0.3 is 20.5 Å². The van der Waals surface area contributed by atoms with E-state index in [1.807, 2.05) is 16.9 Å². The summed E-state index contributed by atoms with van der Waals surface area (Å²) < 4.78 is 1.99. The van der Waals surface area contributed by atoms with E-state index in [9.17, 15) is 0 Å². The van der Waals surface area contributed by atoms with Crippen molar-refractivity contribution in [3.05, 3.63) is 48.4 Å². The highest BCUT2D eigenvalue weighted by molar-refractivity contribution is 5.65. The topological polar surface area (TPSA) is 83.3 Å². The van der Waals surface area contributed by atoms with E-state index in [0.29, 0.717) is 23.9 Å². The number of benzene rings is 1. The highest BCUT2D eigenvalue weighted by Gasteiger charge is 2.32. The number of aliphatic imine (C=N–C) groups is 1. The van der Waals surface area contributed by atoms with Gasteiger partial charge >= 0.3 is 0 Å². The van der Waals surface area contributed by atoms with Gasteiger partial charge in [-0.1, -0.05) is 6.92 Å². The average Bonchev–Trinajstić information content (AvgIpc) is 3.47. The van der Waals surface area contributed by atoms with Crippen LogP contribution in [0.25, 0.3) is 11.3 Å². The molecule has 2 N–H and O–H groups in total. The summed E-state index contributed by atoms with van der Waals surface area (Å²) in [7, 11) is 0. The van der Waals surface area contributed by atoms with Crippen LogP contribution in [-0.4, -0.2) is 58.2 Å². The molecule has 8 heteroatoms. The first kappa shape index (κ1) is 23.5. The molecule has 2 saturated heterocycles. The number of nitrogens with one attached hydrogen (secondary N) is 2. The molecule has 35 heavy (non-hydrogen) atoms. The Hall–Kier alpha value is -3.26. The van der Waals surface area contributed by atoms with E-state index in [1.165, 1.54) is 18.5 Å². The molecule has 2 aliphatic heterocycles. The first-order chi connectivity index (χ1) is 17.1. The lowest BCUT2D eigenvalue weighted by atomic mass is 9.97. The van der Waals surface area contributed by atoms with Gasteiger partial charge in [0.2, 0.25) is 5.95 Å². The van der Waals surface area contributed by atoms with Gasteiger partial charge in [-0.15, -0.1) is 0 Å². The molecule has 0 aliphatic carbocycles. The minimum Gasteiger partial charge on any atom is -0.368 e. The van der Waals surface area contributed by atoms with Crippen molar-refractivity contribution >= 4 is 24.0 Å². The van der Waals surface area contributed by atoms with Crippen molar-refractivity contribution in [1.29, 1.82) is 0 Å². The largest absolute Gasteiger partial charge is 0.368 e. The Morgan fingerprint density at radius 3 is 2.66 bits per heavy atom. The molecule has 1 aromatic carbocycles. The van der Waals surface area contributed by atoms with Gasteiger partial charge in [0.1, 0.15) is 0 Å². The zero-order valence-corrected chi connectivity index (χ0v) is 20.8.